The number of hydrogen-bond acceptors (Lipinski definition) is 6. The van der Waals surface area contributed by atoms with E-state index in [1.165, 1.54) is 38.1 Å². The van der Waals surface area contributed by atoms with Crippen LogP contribution in [-0.2, 0) is 19.1 Å². The fourth-order valence-corrected chi connectivity index (χ4v) is 1.29. The molecule has 0 saturated carbocycles. The topological polar surface area (TPSA) is 93.1 Å². The molecule has 0 saturated heterocycles. The summed E-state index contributed by atoms with van der Waals surface area (Å²) < 4.78 is 9.68. The Balaban J connectivity index is 2.90. The van der Waals surface area contributed by atoms with Gasteiger partial charge in [0.1, 0.15) is 0 Å². The van der Waals surface area contributed by atoms with Crippen LogP contribution in [0.5, 0.6) is 0 Å². The molecular weight excluding hydrogens is 239 g/mol. The zero-order chi connectivity index (χ0) is 13.7. The van der Waals surface area contributed by atoms with Crippen molar-refractivity contribution in [2.75, 3.05) is 0 Å². The van der Waals surface area contributed by atoms with Crippen LogP contribution < -0.4 is 5.46 Å². The van der Waals surface area contributed by atoms with Gasteiger partial charge in [-0.25, -0.2) is 0 Å². The van der Waals surface area contributed by atoms with Crippen molar-refractivity contribution in [1.82, 2.24) is 0 Å². The van der Waals surface area contributed by atoms with Crippen LogP contribution in [-0.4, -0.2) is 29.1 Å². The van der Waals surface area contributed by atoms with Crippen LogP contribution in [0.1, 0.15) is 25.7 Å². The largest absolute Gasteiger partial charge is 0.488 e. The number of carbonyl (C=O) groups excluding carboxylic acids is 2. The lowest BCUT2D eigenvalue weighted by atomic mass is 9.80. The van der Waals surface area contributed by atoms with Gasteiger partial charge < -0.3 is 19.5 Å². The monoisotopic (exact) mass is 252 g/mol. The van der Waals surface area contributed by atoms with Gasteiger partial charge in [0.2, 0.25) is 0 Å². The van der Waals surface area contributed by atoms with Crippen molar-refractivity contribution >= 4 is 24.5 Å². The molecule has 6 nitrogen and oxygen atoms in total. The lowest BCUT2D eigenvalue weighted by Gasteiger charge is -2.17. The van der Waals surface area contributed by atoms with Crippen molar-refractivity contribution in [3.05, 3.63) is 29.8 Å². The van der Waals surface area contributed by atoms with Crippen molar-refractivity contribution in [2.45, 2.75) is 20.1 Å². The van der Waals surface area contributed by atoms with Gasteiger partial charge in [0, 0.05) is 19.4 Å². The minimum atomic E-state index is -1.58. The Hall–Kier alpha value is -1.86. The first kappa shape index (κ1) is 14.2. The lowest BCUT2D eigenvalue weighted by Crippen LogP contribution is -2.29. The molecule has 0 bridgehead atoms. The molecule has 7 heteroatoms. The molecule has 0 fully saturated rings. The summed E-state index contributed by atoms with van der Waals surface area (Å²) in [5.41, 5.74) is 0.702. The Bertz CT molecular complexity index is 412. The van der Waals surface area contributed by atoms with E-state index in [1.807, 2.05) is 0 Å². The van der Waals surface area contributed by atoms with Crippen molar-refractivity contribution in [2.24, 2.45) is 0 Å². The Kier molecular flexibility index (Phi) is 4.88. The first-order valence-corrected chi connectivity index (χ1v) is 5.20. The van der Waals surface area contributed by atoms with E-state index < -0.39 is 25.3 Å². The number of ether oxygens (including phenoxy) is 2. The third-order valence-corrected chi connectivity index (χ3v) is 2.05. The van der Waals surface area contributed by atoms with Gasteiger partial charge in [0.25, 0.3) is 6.29 Å². The highest BCUT2D eigenvalue weighted by atomic mass is 16.7. The third-order valence-electron chi connectivity index (χ3n) is 2.05. The summed E-state index contributed by atoms with van der Waals surface area (Å²) in [6, 6.07) is 5.82. The number of hydrogen-bond donors (Lipinski definition) is 2. The molecule has 0 aliphatic heterocycles. The van der Waals surface area contributed by atoms with E-state index in [1.54, 1.807) is 0 Å². The molecular formula is C11H13BO6. The van der Waals surface area contributed by atoms with E-state index in [9.17, 15) is 9.59 Å². The number of rotatable bonds is 4. The summed E-state index contributed by atoms with van der Waals surface area (Å²) in [4.78, 5) is 21.8. The van der Waals surface area contributed by atoms with Crippen LogP contribution in [0, 0.1) is 0 Å². The Labute approximate surface area is 104 Å². The Morgan fingerprint density at radius 1 is 1.06 bits per heavy atom. The molecule has 1 aromatic rings. The van der Waals surface area contributed by atoms with E-state index in [4.69, 9.17) is 19.5 Å². The zero-order valence-corrected chi connectivity index (χ0v) is 9.99. The predicted octanol–water partition coefficient (Wildman–Crippen LogP) is -0.509. The van der Waals surface area contributed by atoms with Crippen LogP contribution in [0.3, 0.4) is 0 Å². The van der Waals surface area contributed by atoms with Crippen LogP contribution >= 0.6 is 0 Å². The van der Waals surface area contributed by atoms with Crippen molar-refractivity contribution < 1.29 is 29.1 Å². The van der Waals surface area contributed by atoms with Crippen LogP contribution in [0.25, 0.3) is 0 Å². The molecule has 0 aromatic heterocycles. The van der Waals surface area contributed by atoms with E-state index in [0.29, 0.717) is 5.56 Å². The highest BCUT2D eigenvalue weighted by Gasteiger charge is 2.19. The molecule has 96 valence electrons. The second kappa shape index (κ2) is 6.18. The number of esters is 2. The number of carbonyl (C=O) groups is 2. The van der Waals surface area contributed by atoms with Gasteiger partial charge in [0.05, 0.1) is 0 Å². The van der Waals surface area contributed by atoms with Crippen LogP contribution in [0.15, 0.2) is 24.3 Å². The van der Waals surface area contributed by atoms with E-state index >= 15 is 0 Å². The maximum Gasteiger partial charge on any atom is 0.488 e. The van der Waals surface area contributed by atoms with Crippen LogP contribution in [0.4, 0.5) is 0 Å². The van der Waals surface area contributed by atoms with Crippen molar-refractivity contribution in [3.8, 4) is 0 Å². The van der Waals surface area contributed by atoms with Gasteiger partial charge in [-0.05, 0) is 5.46 Å². The molecule has 1 rings (SSSR count). The molecule has 0 heterocycles. The average Bonchev–Trinajstić information content (AvgIpc) is 2.27. The van der Waals surface area contributed by atoms with Gasteiger partial charge in [0.15, 0.2) is 0 Å². The molecule has 0 spiro atoms. The molecule has 0 radical (unpaired) electrons. The van der Waals surface area contributed by atoms with E-state index in [2.05, 4.69) is 0 Å². The summed E-state index contributed by atoms with van der Waals surface area (Å²) in [6.45, 7) is 2.39. The molecule has 0 aliphatic rings. The van der Waals surface area contributed by atoms with Crippen molar-refractivity contribution in [3.63, 3.8) is 0 Å². The minimum Gasteiger partial charge on any atom is -0.423 e. The second-order valence-corrected chi connectivity index (χ2v) is 3.59. The standard InChI is InChI=1S/C11H13BO6/c1-7(13)17-11(18-8(2)14)9-3-5-10(6-4-9)12(15)16/h3-6,11,15-16H,1-2H3. The lowest BCUT2D eigenvalue weighted by molar-refractivity contribution is -0.186. The fourth-order valence-electron chi connectivity index (χ4n) is 1.29. The first-order valence-electron chi connectivity index (χ1n) is 5.20. The van der Waals surface area contributed by atoms with Crippen LogP contribution in [0.2, 0.25) is 0 Å². The maximum absolute atomic E-state index is 10.9. The minimum absolute atomic E-state index is 0.281. The highest BCUT2D eigenvalue weighted by molar-refractivity contribution is 6.58. The number of benzene rings is 1. The Morgan fingerprint density at radius 3 is 1.83 bits per heavy atom. The SMILES string of the molecule is CC(=O)OC(OC(C)=O)c1ccc(B(O)O)cc1. The molecule has 18 heavy (non-hydrogen) atoms. The average molecular weight is 252 g/mol. The Morgan fingerprint density at radius 2 is 1.50 bits per heavy atom. The summed E-state index contributed by atoms with van der Waals surface area (Å²) in [5, 5.41) is 17.9. The van der Waals surface area contributed by atoms with E-state index in [-0.39, 0.29) is 5.46 Å². The predicted molar refractivity (Wildman–Crippen MR) is 62.5 cm³/mol. The first-order chi connectivity index (χ1) is 8.40. The van der Waals surface area contributed by atoms with Gasteiger partial charge in [-0.3, -0.25) is 9.59 Å². The smallest absolute Gasteiger partial charge is 0.423 e. The molecule has 2 N–H and O–H groups in total. The highest BCUT2D eigenvalue weighted by Crippen LogP contribution is 2.18. The summed E-state index contributed by atoms with van der Waals surface area (Å²) in [6.07, 6.45) is -1.13. The summed E-state index contributed by atoms with van der Waals surface area (Å²) in [5.74, 6) is -1.18. The van der Waals surface area contributed by atoms with E-state index in [0.717, 1.165) is 0 Å². The quantitative estimate of drug-likeness (QED) is 0.426. The normalized spacial score (nSPS) is 10.1. The van der Waals surface area contributed by atoms with Gasteiger partial charge in [-0.1, -0.05) is 24.3 Å². The molecule has 0 unspecified atom stereocenters. The fraction of sp³-hybridized carbons (Fsp3) is 0.273. The third kappa shape index (κ3) is 4.19. The summed E-state index contributed by atoms with van der Waals surface area (Å²) in [7, 11) is -1.58. The molecule has 0 amide bonds. The van der Waals surface area contributed by atoms with Gasteiger partial charge >= 0.3 is 19.1 Å². The molecule has 0 aliphatic carbocycles. The molecule has 1 aromatic carbocycles. The maximum atomic E-state index is 10.9. The van der Waals surface area contributed by atoms with Gasteiger partial charge in [-0.2, -0.15) is 0 Å². The zero-order valence-electron chi connectivity index (χ0n) is 9.99. The van der Waals surface area contributed by atoms with Gasteiger partial charge in [-0.15, -0.1) is 0 Å². The van der Waals surface area contributed by atoms with Crippen molar-refractivity contribution in [1.29, 1.82) is 0 Å². The second-order valence-electron chi connectivity index (χ2n) is 3.59. The molecule has 0 atom stereocenters. The summed E-state index contributed by atoms with van der Waals surface area (Å²) >= 11 is 0.